The first kappa shape index (κ1) is 25.3. The number of likely N-dealkylation sites (tertiary alicyclic amines) is 1. The highest BCUT2D eigenvalue weighted by Crippen LogP contribution is 2.36. The molecule has 0 saturated carbocycles. The van der Waals surface area contributed by atoms with Gasteiger partial charge >= 0.3 is 6.36 Å². The molecule has 2 atom stereocenters. The lowest BCUT2D eigenvalue weighted by Gasteiger charge is -2.35. The fourth-order valence-electron chi connectivity index (χ4n) is 4.46. The molecule has 2 aromatic carbocycles. The van der Waals surface area contributed by atoms with Crippen molar-refractivity contribution < 1.29 is 32.2 Å². The van der Waals surface area contributed by atoms with Crippen molar-refractivity contribution in [2.75, 3.05) is 11.9 Å². The number of benzene rings is 2. The van der Waals surface area contributed by atoms with Crippen LogP contribution in [0.1, 0.15) is 38.2 Å². The lowest BCUT2D eigenvalue weighted by atomic mass is 9.98. The van der Waals surface area contributed by atoms with Gasteiger partial charge in [-0.3, -0.25) is 15.0 Å². The molecule has 2 heterocycles. The summed E-state index contributed by atoms with van der Waals surface area (Å²) < 4.78 is 48.1. The molecule has 2 amide bonds. The van der Waals surface area contributed by atoms with Crippen LogP contribution < -0.4 is 15.5 Å². The number of anilines is 1. The number of halogens is 3. The van der Waals surface area contributed by atoms with E-state index in [-0.39, 0.29) is 29.5 Å². The Morgan fingerprint density at radius 3 is 2.64 bits per heavy atom. The highest BCUT2D eigenvalue weighted by molar-refractivity contribution is 5.97. The number of hydrogen-bond acceptors (Lipinski definition) is 6. The zero-order valence-electron chi connectivity index (χ0n) is 19.9. The van der Waals surface area contributed by atoms with Gasteiger partial charge in [0, 0.05) is 24.7 Å². The van der Waals surface area contributed by atoms with Crippen LogP contribution in [0, 0.1) is 6.92 Å². The first-order valence-corrected chi connectivity index (χ1v) is 11.6. The summed E-state index contributed by atoms with van der Waals surface area (Å²) in [5, 5.41) is 6.77. The van der Waals surface area contributed by atoms with Gasteiger partial charge in [-0.25, -0.2) is 0 Å². The van der Waals surface area contributed by atoms with Gasteiger partial charge in [0.1, 0.15) is 11.8 Å². The monoisotopic (exact) mass is 504 g/mol. The summed E-state index contributed by atoms with van der Waals surface area (Å²) in [5.41, 5.74) is 4.72. The van der Waals surface area contributed by atoms with E-state index in [0.717, 1.165) is 12.8 Å². The van der Waals surface area contributed by atoms with E-state index in [1.165, 1.54) is 12.1 Å². The number of rotatable bonds is 6. The minimum atomic E-state index is -4.81. The third-order valence-electron chi connectivity index (χ3n) is 6.06. The zero-order valence-corrected chi connectivity index (χ0v) is 19.9. The Morgan fingerprint density at radius 1 is 1.17 bits per heavy atom. The molecule has 2 unspecified atom stereocenters. The van der Waals surface area contributed by atoms with Crippen LogP contribution in [0.15, 0.2) is 47.6 Å². The van der Waals surface area contributed by atoms with E-state index in [9.17, 15) is 22.8 Å². The minimum absolute atomic E-state index is 0.0534. The molecule has 2 aliphatic rings. The Bertz CT molecular complexity index is 1170. The molecule has 0 radical (unpaired) electrons. The van der Waals surface area contributed by atoms with Crippen LogP contribution in [-0.4, -0.2) is 47.8 Å². The number of aryl methyl sites for hydroxylation is 1. The van der Waals surface area contributed by atoms with Crippen LogP contribution in [0.4, 0.5) is 18.9 Å². The average molecular weight is 505 g/mol. The summed E-state index contributed by atoms with van der Waals surface area (Å²) in [6.45, 7) is 3.89. The molecule has 11 heteroatoms. The Balaban J connectivity index is 1.46. The molecule has 1 fully saturated rings. The summed E-state index contributed by atoms with van der Waals surface area (Å²) in [6.07, 6.45) is -3.16. The second kappa shape index (κ2) is 10.5. The molecular weight excluding hydrogens is 477 g/mol. The van der Waals surface area contributed by atoms with Crippen molar-refractivity contribution >= 4 is 23.4 Å². The molecule has 4 rings (SSSR count). The normalized spacial score (nSPS) is 19.7. The first-order valence-electron chi connectivity index (χ1n) is 11.6. The number of hydrogen-bond donors (Lipinski definition) is 2. The molecule has 8 nitrogen and oxygen atoms in total. The quantitative estimate of drug-likeness (QED) is 0.602. The van der Waals surface area contributed by atoms with Crippen molar-refractivity contribution in [2.45, 2.75) is 58.2 Å². The van der Waals surface area contributed by atoms with Gasteiger partial charge in [-0.15, -0.1) is 18.3 Å². The Hall–Kier alpha value is -3.76. The zero-order chi connectivity index (χ0) is 25.9. The highest BCUT2D eigenvalue weighted by Gasteiger charge is 2.34. The van der Waals surface area contributed by atoms with Crippen molar-refractivity contribution in [3.63, 3.8) is 0 Å². The number of carbonyl (C=O) groups is 2. The Labute approximate surface area is 206 Å². The minimum Gasteiger partial charge on any atom is -0.454 e. The smallest absolute Gasteiger partial charge is 0.454 e. The largest absolute Gasteiger partial charge is 0.573 e. The van der Waals surface area contributed by atoms with Crippen LogP contribution in [0.25, 0.3) is 11.1 Å². The number of amides is 2. The summed E-state index contributed by atoms with van der Waals surface area (Å²) in [6, 6.07) is 10.2. The Morgan fingerprint density at radius 2 is 1.94 bits per heavy atom. The van der Waals surface area contributed by atoms with Gasteiger partial charge in [-0.1, -0.05) is 24.3 Å². The molecule has 0 aliphatic carbocycles. The summed E-state index contributed by atoms with van der Waals surface area (Å²) >= 11 is 0. The predicted molar refractivity (Wildman–Crippen MR) is 127 cm³/mol. The highest BCUT2D eigenvalue weighted by atomic mass is 19.4. The van der Waals surface area contributed by atoms with E-state index in [4.69, 9.17) is 4.74 Å². The lowest BCUT2D eigenvalue weighted by molar-refractivity contribution is -0.274. The summed E-state index contributed by atoms with van der Waals surface area (Å²) in [7, 11) is 0. The molecule has 0 bridgehead atoms. The molecule has 2 aliphatic heterocycles. The van der Waals surface area contributed by atoms with Gasteiger partial charge in [0.2, 0.25) is 17.7 Å². The van der Waals surface area contributed by atoms with E-state index in [1.807, 2.05) is 0 Å². The van der Waals surface area contributed by atoms with E-state index in [0.29, 0.717) is 35.7 Å². The maximum Gasteiger partial charge on any atom is 0.573 e. The van der Waals surface area contributed by atoms with Crippen LogP contribution in [0.2, 0.25) is 0 Å². The van der Waals surface area contributed by atoms with Crippen molar-refractivity contribution in [1.29, 1.82) is 0 Å². The molecule has 1 saturated heterocycles. The molecule has 0 aromatic heterocycles. The molecule has 192 valence electrons. The number of hydrazone groups is 1. The van der Waals surface area contributed by atoms with Crippen LogP contribution in [0.5, 0.6) is 5.75 Å². The van der Waals surface area contributed by atoms with Crippen molar-refractivity contribution in [3.8, 4) is 16.9 Å². The molecule has 2 aromatic rings. The summed E-state index contributed by atoms with van der Waals surface area (Å²) in [4.78, 5) is 27.6. The van der Waals surface area contributed by atoms with E-state index < -0.39 is 18.6 Å². The second-order valence-electron chi connectivity index (χ2n) is 8.73. The number of piperidine rings is 1. The molecular formula is C25H27F3N4O4. The number of alkyl halides is 3. The average Bonchev–Trinajstić information content (AvgIpc) is 3.23. The molecule has 36 heavy (non-hydrogen) atoms. The van der Waals surface area contributed by atoms with Crippen LogP contribution in [0.3, 0.4) is 0 Å². The van der Waals surface area contributed by atoms with E-state index >= 15 is 0 Å². The van der Waals surface area contributed by atoms with Gasteiger partial charge in [0.05, 0.1) is 6.42 Å². The number of nitrogens with one attached hydrogen (secondary N) is 2. The fourth-order valence-corrected chi connectivity index (χ4v) is 4.46. The third-order valence-corrected chi connectivity index (χ3v) is 6.06. The van der Waals surface area contributed by atoms with Gasteiger partial charge < -0.3 is 19.7 Å². The number of nitrogens with zero attached hydrogens (tertiary/aromatic N) is 2. The molecule has 2 N–H and O–H groups in total. The standard InChI is InChI=1S/C25H27F3N4O4/c1-15-13-17(10-11-18(15)19-7-3-4-9-21(19)36-25(26,27)28)29-24(34)20-8-5-6-12-32(20)23(33)14-22-31-30-16(2)35-22/h3-4,7,9-11,13,20,22,31H,5-6,8,12,14H2,1-2H3,(H,29,34). The van der Waals surface area contributed by atoms with E-state index in [1.54, 1.807) is 49.1 Å². The van der Waals surface area contributed by atoms with Gasteiger partial charge in [-0.05, 0) is 55.5 Å². The topological polar surface area (TPSA) is 92.3 Å². The number of para-hydroxylation sites is 1. The SMILES string of the molecule is CC1=NNC(CC(=O)N2CCCCC2C(=O)Nc2ccc(-c3ccccc3OC(F)(F)F)c(C)c2)O1. The van der Waals surface area contributed by atoms with E-state index in [2.05, 4.69) is 20.6 Å². The summed E-state index contributed by atoms with van der Waals surface area (Å²) in [5.74, 6) is -0.372. The fraction of sp³-hybridized carbons (Fsp3) is 0.400. The van der Waals surface area contributed by atoms with Crippen molar-refractivity contribution in [2.24, 2.45) is 5.10 Å². The van der Waals surface area contributed by atoms with Crippen LogP contribution >= 0.6 is 0 Å². The first-order chi connectivity index (χ1) is 17.1. The maximum absolute atomic E-state index is 13.1. The van der Waals surface area contributed by atoms with Gasteiger partial charge in [0.25, 0.3) is 0 Å². The van der Waals surface area contributed by atoms with Crippen molar-refractivity contribution in [1.82, 2.24) is 10.3 Å². The maximum atomic E-state index is 13.1. The number of ether oxygens (including phenoxy) is 2. The third kappa shape index (κ3) is 6.07. The Kier molecular flexibility index (Phi) is 7.37. The predicted octanol–water partition coefficient (Wildman–Crippen LogP) is 4.55. The van der Waals surface area contributed by atoms with Crippen molar-refractivity contribution in [3.05, 3.63) is 48.0 Å². The van der Waals surface area contributed by atoms with Crippen LogP contribution in [-0.2, 0) is 14.3 Å². The molecule has 0 spiro atoms. The van der Waals surface area contributed by atoms with Gasteiger partial charge in [0.15, 0.2) is 6.23 Å². The lowest BCUT2D eigenvalue weighted by Crippen LogP contribution is -2.51. The second-order valence-corrected chi connectivity index (χ2v) is 8.73. The van der Waals surface area contributed by atoms with Gasteiger partial charge in [-0.2, -0.15) is 0 Å². The number of carbonyl (C=O) groups excluding carboxylic acids is 2.